The fourth-order valence-corrected chi connectivity index (χ4v) is 3.93. The number of amides is 1. The van der Waals surface area contributed by atoms with Crippen molar-refractivity contribution >= 4 is 17.4 Å². The van der Waals surface area contributed by atoms with Gasteiger partial charge in [0.25, 0.3) is 5.56 Å². The Morgan fingerprint density at radius 2 is 1.83 bits per heavy atom. The Hall–Kier alpha value is -4.05. The highest BCUT2D eigenvalue weighted by atomic mass is 16.6. The zero-order chi connectivity index (χ0) is 24.8. The van der Waals surface area contributed by atoms with Gasteiger partial charge in [-0.3, -0.25) is 19.1 Å². The summed E-state index contributed by atoms with van der Waals surface area (Å²) in [5, 5.41) is 0. The minimum atomic E-state index is -0.718. The number of ether oxygens (including phenoxy) is 3. The molecule has 0 fully saturated rings. The highest BCUT2D eigenvalue weighted by Crippen LogP contribution is 2.31. The summed E-state index contributed by atoms with van der Waals surface area (Å²) < 4.78 is 17.4. The molecule has 3 N–H and O–H groups in total. The standard InChI is InChI=1S/C25H28N4O6/c1-33-12-11-28-23(26)22(24(31)27-25(28)32)29(16-18-5-3-2-4-6-18)21(30)10-8-17-7-9-19-20(15-17)35-14-13-34-19/h2-7,9,15H,8,10-14,16,26H2,1H3,(H,27,31,32). The molecule has 1 aliphatic rings. The molecule has 2 aromatic carbocycles. The minimum Gasteiger partial charge on any atom is -0.486 e. The third-order valence-electron chi connectivity index (χ3n) is 5.72. The van der Waals surface area contributed by atoms with E-state index in [0.29, 0.717) is 31.1 Å². The zero-order valence-corrected chi connectivity index (χ0v) is 19.5. The van der Waals surface area contributed by atoms with Crippen LogP contribution in [0, 0.1) is 0 Å². The molecule has 4 rings (SSSR count). The first kappa shape index (κ1) is 24.1. The molecule has 0 saturated heterocycles. The van der Waals surface area contributed by atoms with Crippen molar-refractivity contribution in [3.63, 3.8) is 0 Å². The van der Waals surface area contributed by atoms with Gasteiger partial charge in [-0.15, -0.1) is 0 Å². The fraction of sp³-hybridized carbons (Fsp3) is 0.320. The van der Waals surface area contributed by atoms with Crippen LogP contribution in [-0.4, -0.2) is 42.4 Å². The topological polar surface area (TPSA) is 129 Å². The monoisotopic (exact) mass is 480 g/mol. The lowest BCUT2D eigenvalue weighted by Gasteiger charge is -2.25. The van der Waals surface area contributed by atoms with Gasteiger partial charge >= 0.3 is 5.69 Å². The van der Waals surface area contributed by atoms with Gasteiger partial charge in [-0.05, 0) is 29.7 Å². The summed E-state index contributed by atoms with van der Waals surface area (Å²) >= 11 is 0. The second-order valence-electron chi connectivity index (χ2n) is 8.08. The van der Waals surface area contributed by atoms with Crippen LogP contribution in [0.15, 0.2) is 58.1 Å². The highest BCUT2D eigenvalue weighted by Gasteiger charge is 2.24. The number of aryl methyl sites for hydroxylation is 1. The predicted molar refractivity (Wildman–Crippen MR) is 131 cm³/mol. The molecule has 1 amide bonds. The van der Waals surface area contributed by atoms with E-state index < -0.39 is 11.2 Å². The molecule has 10 heteroatoms. The van der Waals surface area contributed by atoms with Crippen molar-refractivity contribution in [3.05, 3.63) is 80.5 Å². The van der Waals surface area contributed by atoms with Gasteiger partial charge in [0, 0.05) is 13.5 Å². The Labute approximate surface area is 201 Å². The number of hydrogen-bond donors (Lipinski definition) is 2. The number of aromatic amines is 1. The molecule has 0 unspecified atom stereocenters. The molecule has 2 heterocycles. The first-order valence-corrected chi connectivity index (χ1v) is 11.3. The first-order valence-electron chi connectivity index (χ1n) is 11.3. The van der Waals surface area contributed by atoms with Gasteiger partial charge < -0.3 is 24.8 Å². The Bertz CT molecular complexity index is 1300. The number of benzene rings is 2. The lowest BCUT2D eigenvalue weighted by atomic mass is 10.1. The van der Waals surface area contributed by atoms with Gasteiger partial charge in [-0.2, -0.15) is 0 Å². The van der Waals surface area contributed by atoms with E-state index >= 15 is 0 Å². The molecule has 0 spiro atoms. The van der Waals surface area contributed by atoms with Gasteiger partial charge in [0.1, 0.15) is 19.0 Å². The number of carbonyl (C=O) groups is 1. The second kappa shape index (κ2) is 10.9. The van der Waals surface area contributed by atoms with Crippen LogP contribution in [0.2, 0.25) is 0 Å². The van der Waals surface area contributed by atoms with E-state index in [2.05, 4.69) is 4.98 Å². The molecule has 0 bridgehead atoms. The maximum absolute atomic E-state index is 13.5. The van der Waals surface area contributed by atoms with Crippen molar-refractivity contribution in [2.45, 2.75) is 25.9 Å². The van der Waals surface area contributed by atoms with Crippen molar-refractivity contribution in [2.24, 2.45) is 0 Å². The number of carbonyl (C=O) groups excluding carboxylic acids is 1. The Balaban J connectivity index is 1.64. The third-order valence-corrected chi connectivity index (χ3v) is 5.72. The van der Waals surface area contributed by atoms with Crippen LogP contribution in [0.5, 0.6) is 11.5 Å². The molecular formula is C25H28N4O6. The number of fused-ring (bicyclic) bond motifs is 1. The summed E-state index contributed by atoms with van der Waals surface area (Å²) in [6.07, 6.45) is 0.532. The maximum atomic E-state index is 13.5. The van der Waals surface area contributed by atoms with Crippen LogP contribution in [0.3, 0.4) is 0 Å². The Kier molecular flexibility index (Phi) is 7.51. The smallest absolute Gasteiger partial charge is 0.330 e. The first-order chi connectivity index (χ1) is 17.0. The number of anilines is 2. The number of hydrogen-bond acceptors (Lipinski definition) is 7. The molecule has 0 aliphatic carbocycles. The summed E-state index contributed by atoms with van der Waals surface area (Å²) in [7, 11) is 1.50. The normalized spacial score (nSPS) is 12.4. The number of aromatic nitrogens is 2. The largest absolute Gasteiger partial charge is 0.486 e. The number of nitrogens with one attached hydrogen (secondary N) is 1. The lowest BCUT2D eigenvalue weighted by Crippen LogP contribution is -2.41. The van der Waals surface area contributed by atoms with E-state index in [1.807, 2.05) is 48.5 Å². The quantitative estimate of drug-likeness (QED) is 0.477. The molecule has 0 radical (unpaired) electrons. The average molecular weight is 481 g/mol. The lowest BCUT2D eigenvalue weighted by molar-refractivity contribution is -0.118. The summed E-state index contributed by atoms with van der Waals surface area (Å²) in [5.74, 6) is 0.931. The Morgan fingerprint density at radius 3 is 2.57 bits per heavy atom. The predicted octanol–water partition coefficient (Wildman–Crippen LogP) is 1.70. The number of H-pyrrole nitrogens is 1. The summed E-state index contributed by atoms with van der Waals surface area (Å²) in [6.45, 7) is 1.45. The van der Waals surface area contributed by atoms with E-state index in [1.165, 1.54) is 16.6 Å². The van der Waals surface area contributed by atoms with Crippen molar-refractivity contribution in [3.8, 4) is 11.5 Å². The van der Waals surface area contributed by atoms with Crippen LogP contribution in [0.1, 0.15) is 17.5 Å². The van der Waals surface area contributed by atoms with E-state index in [1.54, 1.807) is 0 Å². The van der Waals surface area contributed by atoms with E-state index in [-0.39, 0.29) is 43.5 Å². The van der Waals surface area contributed by atoms with Crippen LogP contribution < -0.4 is 31.4 Å². The Morgan fingerprint density at radius 1 is 1.09 bits per heavy atom. The molecule has 1 aliphatic heterocycles. The molecule has 35 heavy (non-hydrogen) atoms. The van der Waals surface area contributed by atoms with E-state index in [9.17, 15) is 14.4 Å². The number of nitrogen functional groups attached to an aromatic ring is 1. The van der Waals surface area contributed by atoms with Crippen LogP contribution >= 0.6 is 0 Å². The maximum Gasteiger partial charge on any atom is 0.330 e. The van der Waals surface area contributed by atoms with Gasteiger partial charge in [-0.1, -0.05) is 36.4 Å². The third kappa shape index (κ3) is 5.55. The fourth-order valence-electron chi connectivity index (χ4n) is 3.93. The number of methoxy groups -OCH3 is 1. The second-order valence-corrected chi connectivity index (χ2v) is 8.08. The molecule has 10 nitrogen and oxygen atoms in total. The van der Waals surface area contributed by atoms with E-state index in [4.69, 9.17) is 19.9 Å². The molecule has 3 aromatic rings. The van der Waals surface area contributed by atoms with E-state index in [0.717, 1.165) is 11.1 Å². The summed E-state index contributed by atoms with van der Waals surface area (Å²) in [6, 6.07) is 14.8. The molecule has 1 aromatic heterocycles. The highest BCUT2D eigenvalue weighted by molar-refractivity contribution is 5.95. The van der Waals surface area contributed by atoms with Gasteiger partial charge in [0.2, 0.25) is 5.91 Å². The van der Waals surface area contributed by atoms with Gasteiger partial charge in [0.05, 0.1) is 19.7 Å². The number of nitrogens with zero attached hydrogens (tertiary/aromatic N) is 2. The van der Waals surface area contributed by atoms with Crippen molar-refractivity contribution in [2.75, 3.05) is 37.6 Å². The number of rotatable bonds is 9. The zero-order valence-electron chi connectivity index (χ0n) is 19.5. The summed E-state index contributed by atoms with van der Waals surface area (Å²) in [5.41, 5.74) is 6.54. The van der Waals surface area contributed by atoms with Crippen LogP contribution in [-0.2, 0) is 29.0 Å². The molecular weight excluding hydrogens is 452 g/mol. The molecule has 0 saturated carbocycles. The summed E-state index contributed by atoms with van der Waals surface area (Å²) in [4.78, 5) is 42.3. The number of nitrogens with two attached hydrogens (primary N) is 1. The van der Waals surface area contributed by atoms with Gasteiger partial charge in [0.15, 0.2) is 17.2 Å². The average Bonchev–Trinajstić information content (AvgIpc) is 2.87. The van der Waals surface area contributed by atoms with Crippen LogP contribution in [0.4, 0.5) is 11.5 Å². The van der Waals surface area contributed by atoms with Crippen LogP contribution in [0.25, 0.3) is 0 Å². The van der Waals surface area contributed by atoms with Crippen molar-refractivity contribution in [1.82, 2.24) is 9.55 Å². The SMILES string of the molecule is COCCn1c(N)c(N(Cc2ccccc2)C(=O)CCc2ccc3c(c2)OCCO3)c(=O)[nH]c1=O. The van der Waals surface area contributed by atoms with Crippen molar-refractivity contribution in [1.29, 1.82) is 0 Å². The van der Waals surface area contributed by atoms with Gasteiger partial charge in [-0.25, -0.2) is 4.79 Å². The van der Waals surface area contributed by atoms with Crippen molar-refractivity contribution < 1.29 is 19.0 Å². The molecule has 0 atom stereocenters. The minimum absolute atomic E-state index is 0.0586. The molecule has 184 valence electrons.